The molecule has 0 saturated carbocycles. The van der Waals surface area contributed by atoms with Gasteiger partial charge in [0.05, 0.1) is 57.2 Å². The third-order valence-corrected chi connectivity index (χ3v) is 15.2. The monoisotopic (exact) mass is 1020 g/mol. The Morgan fingerprint density at radius 2 is 0.692 bits per heavy atom. The van der Waals surface area contributed by atoms with E-state index in [2.05, 4.69) is 212 Å². The van der Waals surface area contributed by atoms with E-state index in [1.165, 1.54) is 12.1 Å². The van der Waals surface area contributed by atoms with E-state index in [4.69, 9.17) is 6.57 Å². The number of nitrogens with zero attached hydrogens (tertiary/aromatic N) is 4. The number of hydrogen-bond acceptors (Lipinski definition) is 1. The van der Waals surface area contributed by atoms with Gasteiger partial charge in [-0.3, -0.25) is 0 Å². The van der Waals surface area contributed by atoms with E-state index in [-0.39, 0.29) is 22.4 Å². The van der Waals surface area contributed by atoms with Gasteiger partial charge < -0.3 is 9.13 Å². The molecule has 0 aliphatic rings. The van der Waals surface area contributed by atoms with E-state index >= 15 is 13.2 Å². The van der Waals surface area contributed by atoms with Crippen LogP contribution in [0, 0.1) is 73.3 Å². The first-order chi connectivity index (χ1) is 37.4. The van der Waals surface area contributed by atoms with E-state index in [1.807, 2.05) is 9.13 Å². The summed E-state index contributed by atoms with van der Waals surface area (Å²) in [7, 11) is 0. The van der Waals surface area contributed by atoms with Gasteiger partial charge in [0.15, 0.2) is 5.69 Å². The lowest BCUT2D eigenvalue weighted by molar-refractivity contribution is -0.137. The molecule has 0 N–H and O–H groups in total. The normalized spacial score (nSPS) is 11.8. The number of fused-ring (bicyclic) bond motifs is 6. The Balaban J connectivity index is 1.30. The minimum atomic E-state index is -4.89. The van der Waals surface area contributed by atoms with Crippen molar-refractivity contribution in [3.05, 3.63) is 243 Å². The summed E-state index contributed by atoms with van der Waals surface area (Å²) in [5.41, 5.74) is 19.0. The Labute approximate surface area is 452 Å². The lowest BCUT2D eigenvalue weighted by Crippen LogP contribution is -2.11. The molecule has 0 atom stereocenters. The van der Waals surface area contributed by atoms with Crippen LogP contribution in [0.1, 0.15) is 55.6 Å². The molecule has 0 saturated heterocycles. The standard InChI is InChI=1S/C71H53F3N4/c1-40-21-41(2)26-53(25-40)49-13-17-57-58-18-14-50(54-27-42(3)22-43(4)28-54)36-64(58)77(63(57)35-49)67-33-48(39-75)34-68(70(67)69-61(71(72,73)74)11-10-12-62(69)76-9)78-65-37-51(55-29-44(5)23-45(6)30-55)15-19-59(65)60-20-16-52(38-66(60)78)56-31-46(7)24-47(8)32-56/h10-38H,1-8H3. The van der Waals surface area contributed by atoms with Crippen LogP contribution in [0.15, 0.2) is 176 Å². The fraction of sp³-hybridized carbons (Fsp3) is 0.127. The molecular weight excluding hydrogens is 966 g/mol. The van der Waals surface area contributed by atoms with Crippen LogP contribution in [0.5, 0.6) is 0 Å². The highest BCUT2D eigenvalue weighted by Gasteiger charge is 2.37. The van der Waals surface area contributed by atoms with Crippen LogP contribution in [-0.4, -0.2) is 9.13 Å². The van der Waals surface area contributed by atoms with Crippen molar-refractivity contribution >= 4 is 49.3 Å². The molecule has 0 aliphatic heterocycles. The van der Waals surface area contributed by atoms with E-state index in [1.54, 1.807) is 12.1 Å². The minimum Gasteiger partial charge on any atom is -0.309 e. The predicted octanol–water partition coefficient (Wildman–Crippen LogP) is 20.1. The van der Waals surface area contributed by atoms with Crippen LogP contribution < -0.4 is 0 Å². The summed E-state index contributed by atoms with van der Waals surface area (Å²) in [6.45, 7) is 25.2. The molecule has 2 aromatic heterocycles. The van der Waals surface area contributed by atoms with Crippen molar-refractivity contribution < 1.29 is 13.2 Å². The van der Waals surface area contributed by atoms with Gasteiger partial charge in [-0.1, -0.05) is 184 Å². The minimum absolute atomic E-state index is 0.160. The summed E-state index contributed by atoms with van der Waals surface area (Å²) >= 11 is 0. The lowest BCUT2D eigenvalue weighted by atomic mass is 9.92. The molecule has 0 spiro atoms. The maximum absolute atomic E-state index is 16.2. The zero-order chi connectivity index (χ0) is 54.5. The molecule has 0 unspecified atom stereocenters. The van der Waals surface area contributed by atoms with Gasteiger partial charge in [-0.15, -0.1) is 0 Å². The molecular formula is C71H53F3N4. The number of aryl methyl sites for hydroxylation is 8. The van der Waals surface area contributed by atoms with Crippen molar-refractivity contribution in [2.75, 3.05) is 0 Å². The highest BCUT2D eigenvalue weighted by Crippen LogP contribution is 2.51. The Kier molecular flexibility index (Phi) is 11.8. The smallest absolute Gasteiger partial charge is 0.309 e. The molecule has 12 aromatic rings. The van der Waals surface area contributed by atoms with Crippen LogP contribution in [0.4, 0.5) is 18.9 Å². The number of alkyl halides is 3. The van der Waals surface area contributed by atoms with Gasteiger partial charge in [0.25, 0.3) is 0 Å². The summed E-state index contributed by atoms with van der Waals surface area (Å²) in [6, 6.07) is 60.6. The molecule has 4 nitrogen and oxygen atoms in total. The first-order valence-corrected chi connectivity index (χ1v) is 26.1. The number of rotatable bonds is 7. The summed E-state index contributed by atoms with van der Waals surface area (Å²) in [5.74, 6) is 0. The average Bonchev–Trinajstić information content (AvgIpc) is 4.01. The van der Waals surface area contributed by atoms with Crippen molar-refractivity contribution in [2.24, 2.45) is 0 Å². The van der Waals surface area contributed by atoms with Crippen molar-refractivity contribution in [3.8, 4) is 73.1 Å². The fourth-order valence-corrected chi connectivity index (χ4v) is 12.3. The fourth-order valence-electron chi connectivity index (χ4n) is 12.3. The Morgan fingerprint density at radius 1 is 0.385 bits per heavy atom. The van der Waals surface area contributed by atoms with Gasteiger partial charge >= 0.3 is 6.18 Å². The van der Waals surface area contributed by atoms with Gasteiger partial charge in [0.2, 0.25) is 0 Å². The molecule has 0 radical (unpaired) electrons. The molecule has 12 rings (SSSR count). The number of aromatic nitrogens is 2. The second-order valence-electron chi connectivity index (χ2n) is 21.4. The van der Waals surface area contributed by atoms with Crippen molar-refractivity contribution in [1.82, 2.24) is 9.13 Å². The zero-order valence-electron chi connectivity index (χ0n) is 44.7. The maximum atomic E-state index is 16.2. The molecule has 0 aliphatic carbocycles. The van der Waals surface area contributed by atoms with Crippen molar-refractivity contribution in [1.29, 1.82) is 5.26 Å². The highest BCUT2D eigenvalue weighted by molar-refractivity contribution is 6.14. The van der Waals surface area contributed by atoms with E-state index in [0.29, 0.717) is 11.4 Å². The topological polar surface area (TPSA) is 38.0 Å². The molecule has 78 heavy (non-hydrogen) atoms. The third-order valence-electron chi connectivity index (χ3n) is 15.2. The predicted molar refractivity (Wildman–Crippen MR) is 316 cm³/mol. The molecule has 7 heteroatoms. The molecule has 2 heterocycles. The lowest BCUT2D eigenvalue weighted by Gasteiger charge is -2.24. The van der Waals surface area contributed by atoms with Crippen LogP contribution >= 0.6 is 0 Å². The van der Waals surface area contributed by atoms with Crippen LogP contribution in [0.25, 0.3) is 115 Å². The maximum Gasteiger partial charge on any atom is 0.415 e. The second kappa shape index (κ2) is 18.7. The first kappa shape index (κ1) is 49.4. The van der Waals surface area contributed by atoms with E-state index in [0.717, 1.165) is 139 Å². The van der Waals surface area contributed by atoms with Crippen molar-refractivity contribution in [2.45, 2.75) is 61.6 Å². The van der Waals surface area contributed by atoms with Crippen LogP contribution in [-0.2, 0) is 6.18 Å². The van der Waals surface area contributed by atoms with Gasteiger partial charge in [-0.2, -0.15) is 18.4 Å². The zero-order valence-corrected chi connectivity index (χ0v) is 44.7. The Morgan fingerprint density at radius 3 is 0.962 bits per heavy atom. The van der Waals surface area contributed by atoms with Gasteiger partial charge in [-0.05, 0) is 136 Å². The van der Waals surface area contributed by atoms with Gasteiger partial charge in [0, 0.05) is 32.7 Å². The van der Waals surface area contributed by atoms with E-state index < -0.39 is 11.7 Å². The molecule has 0 bridgehead atoms. The molecule has 0 fully saturated rings. The Bertz CT molecular complexity index is 4060. The highest BCUT2D eigenvalue weighted by atomic mass is 19.4. The average molecular weight is 1020 g/mol. The first-order valence-electron chi connectivity index (χ1n) is 26.1. The SMILES string of the molecule is [C-]#[N+]c1cccc(C(F)(F)F)c1-c1c(-n2c3cc(-c4cc(C)cc(C)c4)ccc3c3ccc(-c4cc(C)cc(C)c4)cc32)cc(C#N)cc1-n1c2cc(-c3cc(C)cc(C)c3)ccc2c2ccc(-c3cc(C)cc(C)c3)cc21. The molecule has 378 valence electrons. The summed E-state index contributed by atoms with van der Waals surface area (Å²) in [4.78, 5) is 3.91. The largest absolute Gasteiger partial charge is 0.415 e. The molecule has 10 aromatic carbocycles. The number of halogens is 3. The summed E-state index contributed by atoms with van der Waals surface area (Å²) in [5, 5.41) is 14.9. The third kappa shape index (κ3) is 8.59. The van der Waals surface area contributed by atoms with E-state index in [9.17, 15) is 5.26 Å². The number of nitriles is 1. The van der Waals surface area contributed by atoms with Crippen LogP contribution in [0.2, 0.25) is 0 Å². The van der Waals surface area contributed by atoms with Crippen molar-refractivity contribution in [3.63, 3.8) is 0 Å². The van der Waals surface area contributed by atoms with Gasteiger partial charge in [-0.25, -0.2) is 4.85 Å². The number of hydrogen-bond donors (Lipinski definition) is 0. The van der Waals surface area contributed by atoms with Gasteiger partial charge in [0.1, 0.15) is 0 Å². The van der Waals surface area contributed by atoms with Crippen LogP contribution in [0.3, 0.4) is 0 Å². The quantitative estimate of drug-likeness (QED) is 0.147. The Hall–Kier alpha value is -9.43. The summed E-state index contributed by atoms with van der Waals surface area (Å²) in [6.07, 6.45) is -4.89. The molecule has 0 amide bonds. The second-order valence-corrected chi connectivity index (χ2v) is 21.4. The summed E-state index contributed by atoms with van der Waals surface area (Å²) < 4.78 is 52.7. The number of benzene rings is 10.